The van der Waals surface area contributed by atoms with Crippen molar-refractivity contribution in [2.24, 2.45) is 0 Å². The second-order valence-electron chi connectivity index (χ2n) is 21.0. The summed E-state index contributed by atoms with van der Waals surface area (Å²) in [4.78, 5) is 0. The molecule has 3 heteroatoms. The van der Waals surface area contributed by atoms with E-state index >= 15 is 0 Å². The lowest BCUT2D eigenvalue weighted by Crippen LogP contribution is -2.10. The summed E-state index contributed by atoms with van der Waals surface area (Å²) in [5, 5.41) is 7.81. The molecule has 0 amide bonds. The molecule has 0 bridgehead atoms. The molecule has 0 fully saturated rings. The highest BCUT2D eigenvalue weighted by atomic mass is 16.4. The van der Waals surface area contributed by atoms with Crippen molar-refractivity contribution in [2.45, 2.75) is 60.8 Å². The van der Waals surface area contributed by atoms with E-state index < -0.39 is 0 Å². The van der Waals surface area contributed by atoms with Crippen LogP contribution in [-0.2, 0) is 5.41 Å². The Balaban J connectivity index is 0.000000138. The zero-order valence-corrected chi connectivity index (χ0v) is 47.5. The summed E-state index contributed by atoms with van der Waals surface area (Å²) in [5.74, 6) is 1.17. The van der Waals surface area contributed by atoms with Crippen LogP contribution in [-0.4, -0.2) is 10.2 Å². The maximum absolute atomic E-state index is 5.37. The van der Waals surface area contributed by atoms with Gasteiger partial charge in [-0.3, -0.25) is 0 Å². The molecule has 0 saturated heterocycles. The highest BCUT2D eigenvalue weighted by Gasteiger charge is 2.14. The third-order valence-electron chi connectivity index (χ3n) is 13.6. The van der Waals surface area contributed by atoms with Crippen LogP contribution in [0.4, 0.5) is 0 Å². The van der Waals surface area contributed by atoms with E-state index in [2.05, 4.69) is 301 Å². The highest BCUT2D eigenvalue weighted by Crippen LogP contribution is 2.30. The lowest BCUT2D eigenvalue weighted by atomic mass is 9.87. The van der Waals surface area contributed by atoms with Crippen molar-refractivity contribution >= 4 is 0 Å². The van der Waals surface area contributed by atoms with Gasteiger partial charge in [-0.05, 0) is 118 Å². The first-order chi connectivity index (χ1) is 38.8. The van der Waals surface area contributed by atoms with Gasteiger partial charge in [0.05, 0.1) is 0 Å². The molecule has 0 spiro atoms. The largest absolute Gasteiger partial charge is 0.421 e. The molecule has 12 aromatic rings. The van der Waals surface area contributed by atoms with Crippen LogP contribution in [0.1, 0.15) is 54.5 Å². The Kier molecular flexibility index (Phi) is 20.0. The molecule has 80 heavy (non-hydrogen) atoms. The lowest BCUT2D eigenvalue weighted by Gasteiger charge is -2.18. The lowest BCUT2D eigenvalue weighted by molar-refractivity contribution is 0.532. The molecule has 396 valence electrons. The average molecular weight is 1040 g/mol. The van der Waals surface area contributed by atoms with E-state index in [1.54, 1.807) is 6.92 Å². The predicted molar refractivity (Wildman–Crippen MR) is 341 cm³/mol. The van der Waals surface area contributed by atoms with E-state index in [4.69, 9.17) is 4.42 Å². The van der Waals surface area contributed by atoms with E-state index in [9.17, 15) is 0 Å². The van der Waals surface area contributed by atoms with Crippen molar-refractivity contribution in [1.29, 1.82) is 0 Å². The Bertz CT molecular complexity index is 3680. The molecule has 12 rings (SSSR count). The van der Waals surface area contributed by atoms with Crippen molar-refractivity contribution < 1.29 is 4.42 Å². The first-order valence-corrected chi connectivity index (χ1v) is 27.4. The van der Waals surface area contributed by atoms with Gasteiger partial charge in [0.2, 0.25) is 11.8 Å². The molecule has 0 radical (unpaired) electrons. The summed E-state index contributed by atoms with van der Waals surface area (Å²) >= 11 is 0. The van der Waals surface area contributed by atoms with Gasteiger partial charge in [0.15, 0.2) is 0 Å². The van der Waals surface area contributed by atoms with Gasteiger partial charge in [0.1, 0.15) is 0 Å². The van der Waals surface area contributed by atoms with Gasteiger partial charge in [-0.25, -0.2) is 0 Å². The van der Waals surface area contributed by atoms with Crippen LogP contribution >= 0.6 is 0 Å². The van der Waals surface area contributed by atoms with Crippen LogP contribution in [0.2, 0.25) is 0 Å². The fourth-order valence-corrected chi connectivity index (χ4v) is 8.76. The summed E-state index contributed by atoms with van der Waals surface area (Å²) in [5.41, 5.74) is 22.8. The Hall–Kier alpha value is -9.44. The predicted octanol–water partition coefficient (Wildman–Crippen LogP) is 21.3. The molecule has 11 aromatic carbocycles. The van der Waals surface area contributed by atoms with Gasteiger partial charge < -0.3 is 4.42 Å². The molecule has 0 unspecified atom stereocenters. The molecule has 0 aliphatic carbocycles. The molecule has 0 aliphatic heterocycles. The minimum Gasteiger partial charge on any atom is -0.421 e. The van der Waals surface area contributed by atoms with E-state index in [0.29, 0.717) is 11.8 Å². The molecule has 0 aliphatic rings. The number of rotatable bonds is 7. The minimum absolute atomic E-state index is 0.170. The fourth-order valence-electron chi connectivity index (χ4n) is 8.76. The molecule has 1 heterocycles. The number of hydrogen-bond acceptors (Lipinski definition) is 3. The third-order valence-corrected chi connectivity index (χ3v) is 13.6. The van der Waals surface area contributed by atoms with Crippen molar-refractivity contribution in [1.82, 2.24) is 10.2 Å². The fraction of sp³-hybridized carbons (Fsp3) is 0.117. The van der Waals surface area contributed by atoms with E-state index in [-0.39, 0.29) is 5.41 Å². The first kappa shape index (κ1) is 56.8. The number of benzene rings is 11. The van der Waals surface area contributed by atoms with Gasteiger partial charge in [-0.15, -0.1) is 10.2 Å². The second-order valence-corrected chi connectivity index (χ2v) is 21.0. The molecule has 0 N–H and O–H groups in total. The molecule has 1 aromatic heterocycles. The first-order valence-electron chi connectivity index (χ1n) is 27.4. The molecule has 3 nitrogen and oxygen atoms in total. The smallest absolute Gasteiger partial charge is 0.247 e. The highest BCUT2D eigenvalue weighted by molar-refractivity contribution is 5.74. The van der Waals surface area contributed by atoms with E-state index in [0.717, 1.165) is 5.56 Å². The summed E-state index contributed by atoms with van der Waals surface area (Å²) < 4.78 is 5.37. The van der Waals surface area contributed by atoms with Gasteiger partial charge >= 0.3 is 0 Å². The molecule has 0 saturated carbocycles. The maximum Gasteiger partial charge on any atom is 0.247 e. The molecular weight excluding hydrogens is 969 g/mol. The zero-order chi connectivity index (χ0) is 56.1. The quantitative estimate of drug-likeness (QED) is 0.160. The van der Waals surface area contributed by atoms with Crippen LogP contribution < -0.4 is 0 Å². The summed E-state index contributed by atoms with van der Waals surface area (Å²) in [6, 6.07) is 102. The van der Waals surface area contributed by atoms with Gasteiger partial charge in [0, 0.05) is 12.5 Å². The SMILES string of the molecule is Cc1ccc(-c2ccc(-c3ccc(-c4ccccc4)cc3)cc2)cc1.Cc1ccc(-c2ccc(-c3ccccc3)cc2)cc1.Cc1ccc(-c2ccccc2)cc1.Cc1ccccc1.Cc1nnc(-c2ccc(C(C)(C)C)cc2)o1. The van der Waals surface area contributed by atoms with Crippen LogP contribution in [0.25, 0.3) is 78.2 Å². The van der Waals surface area contributed by atoms with E-state index in [1.165, 1.54) is 94.6 Å². The molecule has 0 atom stereocenters. The van der Waals surface area contributed by atoms with Crippen molar-refractivity contribution in [3.63, 3.8) is 0 Å². The van der Waals surface area contributed by atoms with Crippen LogP contribution in [0, 0.1) is 34.6 Å². The van der Waals surface area contributed by atoms with Gasteiger partial charge in [-0.1, -0.05) is 322 Å². The van der Waals surface area contributed by atoms with Crippen LogP contribution in [0.3, 0.4) is 0 Å². The Labute approximate surface area is 476 Å². The Morgan fingerprint density at radius 3 is 0.650 bits per heavy atom. The van der Waals surface area contributed by atoms with Crippen molar-refractivity contribution in [3.05, 3.63) is 325 Å². The topological polar surface area (TPSA) is 38.9 Å². The molecular formula is C77H72N2O. The van der Waals surface area contributed by atoms with Crippen LogP contribution in [0.15, 0.2) is 296 Å². The Morgan fingerprint density at radius 2 is 0.438 bits per heavy atom. The second kappa shape index (κ2) is 28.3. The normalized spacial score (nSPS) is 10.5. The summed E-state index contributed by atoms with van der Waals surface area (Å²) in [7, 11) is 0. The zero-order valence-electron chi connectivity index (χ0n) is 47.5. The number of hydrogen-bond donors (Lipinski definition) is 0. The Morgan fingerprint density at radius 1 is 0.225 bits per heavy atom. The number of aromatic nitrogens is 2. The van der Waals surface area contributed by atoms with Crippen molar-refractivity contribution in [3.8, 4) is 78.2 Å². The van der Waals surface area contributed by atoms with Gasteiger partial charge in [-0.2, -0.15) is 0 Å². The van der Waals surface area contributed by atoms with Crippen LogP contribution in [0.5, 0.6) is 0 Å². The van der Waals surface area contributed by atoms with Gasteiger partial charge in [0.25, 0.3) is 0 Å². The van der Waals surface area contributed by atoms with E-state index in [1.807, 2.05) is 48.5 Å². The average Bonchev–Trinajstić information content (AvgIpc) is 3.96. The maximum atomic E-state index is 5.37. The summed E-state index contributed by atoms with van der Waals surface area (Å²) in [6.45, 7) is 16.8. The standard InChI is InChI=1S/C25H20.C19H16.C13H16N2O.C13H12.C7H8/c1-19-7-9-21(10-8-19)23-15-17-25(18-16-23)24-13-11-22(12-14-24)20-5-3-2-4-6-20;1-15-7-9-17(10-8-15)19-13-11-18(12-14-19)16-5-3-2-4-6-16;1-9-14-15-12(16-9)10-5-7-11(8-6-10)13(2,3)4;1-11-7-9-13(10-8-11)12-5-3-2-4-6-12;1-7-5-3-2-4-6-7/h2-18H,1H3;2-14H,1H3;5-8H,1-4H3;2-10H,1H3;2-6H,1H3. The third kappa shape index (κ3) is 17.0. The number of nitrogens with zero attached hydrogens (tertiary/aromatic N) is 2. The monoisotopic (exact) mass is 1040 g/mol. The summed E-state index contributed by atoms with van der Waals surface area (Å²) in [6.07, 6.45) is 0. The number of aryl methyl sites for hydroxylation is 5. The minimum atomic E-state index is 0.170. The van der Waals surface area contributed by atoms with Crippen molar-refractivity contribution in [2.75, 3.05) is 0 Å².